The second kappa shape index (κ2) is 7.89. The van der Waals surface area contributed by atoms with Gasteiger partial charge in [0.1, 0.15) is 11.6 Å². The van der Waals surface area contributed by atoms with Crippen molar-refractivity contribution in [3.8, 4) is 5.75 Å². The number of rotatable bonds is 6. The molecule has 0 radical (unpaired) electrons. The Hall–Kier alpha value is -2.05. The Morgan fingerprint density at radius 3 is 2.60 bits per heavy atom. The molecule has 0 N–H and O–H groups in total. The SMILES string of the molecule is CC(Oc1ccccc1Cl)c1nnc(SCc2ccc(F)cc2)n1C. The third-order valence-electron chi connectivity index (χ3n) is 3.65. The fourth-order valence-corrected chi connectivity index (χ4v) is 3.37. The molecule has 0 aliphatic heterocycles. The maximum atomic E-state index is 13.0. The van der Waals surface area contributed by atoms with E-state index in [9.17, 15) is 4.39 Å². The van der Waals surface area contributed by atoms with E-state index in [1.54, 1.807) is 18.2 Å². The molecule has 3 aromatic rings. The van der Waals surface area contributed by atoms with Crippen LogP contribution in [-0.4, -0.2) is 14.8 Å². The van der Waals surface area contributed by atoms with Crippen molar-refractivity contribution in [3.63, 3.8) is 0 Å². The van der Waals surface area contributed by atoms with Crippen molar-refractivity contribution in [2.45, 2.75) is 23.9 Å². The first-order valence-corrected chi connectivity index (χ1v) is 9.08. The third kappa shape index (κ3) is 4.32. The van der Waals surface area contributed by atoms with E-state index in [1.165, 1.54) is 23.9 Å². The third-order valence-corrected chi connectivity index (χ3v) is 5.06. The highest BCUT2D eigenvalue weighted by Crippen LogP contribution is 2.29. The van der Waals surface area contributed by atoms with Gasteiger partial charge in [0.2, 0.25) is 0 Å². The molecule has 1 atom stereocenters. The molecule has 1 aromatic heterocycles. The van der Waals surface area contributed by atoms with Crippen molar-refractivity contribution in [2.24, 2.45) is 7.05 Å². The van der Waals surface area contributed by atoms with E-state index >= 15 is 0 Å². The Morgan fingerprint density at radius 1 is 1.16 bits per heavy atom. The Morgan fingerprint density at radius 2 is 1.88 bits per heavy atom. The smallest absolute Gasteiger partial charge is 0.191 e. The number of thioether (sulfide) groups is 1. The van der Waals surface area contributed by atoms with Crippen LogP contribution in [0.25, 0.3) is 0 Å². The second-order valence-corrected chi connectivity index (χ2v) is 6.86. The highest BCUT2D eigenvalue weighted by atomic mass is 35.5. The average Bonchev–Trinajstić information content (AvgIpc) is 2.97. The van der Waals surface area contributed by atoms with Gasteiger partial charge in [-0.15, -0.1) is 10.2 Å². The lowest BCUT2D eigenvalue weighted by atomic mass is 10.2. The van der Waals surface area contributed by atoms with Crippen molar-refractivity contribution in [1.29, 1.82) is 0 Å². The zero-order valence-corrected chi connectivity index (χ0v) is 15.4. The van der Waals surface area contributed by atoms with Gasteiger partial charge in [-0.1, -0.05) is 47.6 Å². The monoisotopic (exact) mass is 377 g/mol. The Labute approximate surface area is 155 Å². The van der Waals surface area contributed by atoms with Crippen LogP contribution in [0.5, 0.6) is 5.75 Å². The average molecular weight is 378 g/mol. The van der Waals surface area contributed by atoms with Crippen LogP contribution in [0.2, 0.25) is 5.02 Å². The van der Waals surface area contributed by atoms with Gasteiger partial charge in [-0.3, -0.25) is 0 Å². The molecule has 0 saturated carbocycles. The minimum Gasteiger partial charge on any atom is -0.481 e. The molecule has 7 heteroatoms. The zero-order valence-electron chi connectivity index (χ0n) is 13.8. The fourth-order valence-electron chi connectivity index (χ4n) is 2.32. The lowest BCUT2D eigenvalue weighted by Gasteiger charge is -2.15. The van der Waals surface area contributed by atoms with Crippen molar-refractivity contribution < 1.29 is 9.13 Å². The van der Waals surface area contributed by atoms with Crippen LogP contribution in [0.15, 0.2) is 53.7 Å². The van der Waals surface area contributed by atoms with Crippen LogP contribution in [0.1, 0.15) is 24.4 Å². The molecule has 1 unspecified atom stereocenters. The molecule has 2 aromatic carbocycles. The first kappa shape index (κ1) is 17.8. The van der Waals surface area contributed by atoms with Crippen molar-refractivity contribution in [2.75, 3.05) is 0 Å². The van der Waals surface area contributed by atoms with Gasteiger partial charge < -0.3 is 9.30 Å². The fraction of sp³-hybridized carbons (Fsp3) is 0.222. The molecule has 0 aliphatic carbocycles. The van der Waals surface area contributed by atoms with E-state index in [4.69, 9.17) is 16.3 Å². The maximum absolute atomic E-state index is 13.0. The van der Waals surface area contributed by atoms with Gasteiger partial charge in [0.15, 0.2) is 17.1 Å². The predicted octanol–water partition coefficient (Wildman–Crippen LogP) is 5.04. The summed E-state index contributed by atoms with van der Waals surface area (Å²) in [5.74, 6) is 1.77. The summed E-state index contributed by atoms with van der Waals surface area (Å²) in [6.45, 7) is 1.90. The summed E-state index contributed by atoms with van der Waals surface area (Å²) < 4.78 is 20.8. The number of para-hydroxylation sites is 1. The highest BCUT2D eigenvalue weighted by Gasteiger charge is 2.18. The van der Waals surface area contributed by atoms with Gasteiger partial charge in [-0.2, -0.15) is 0 Å². The summed E-state index contributed by atoms with van der Waals surface area (Å²) in [4.78, 5) is 0. The van der Waals surface area contributed by atoms with Gasteiger partial charge in [-0.25, -0.2) is 4.39 Å². The van der Waals surface area contributed by atoms with Crippen LogP contribution in [0, 0.1) is 5.82 Å². The lowest BCUT2D eigenvalue weighted by Crippen LogP contribution is -2.10. The number of hydrogen-bond donors (Lipinski definition) is 0. The van der Waals surface area contributed by atoms with Crippen LogP contribution in [-0.2, 0) is 12.8 Å². The standard InChI is InChI=1S/C18H17ClFN3OS/c1-12(24-16-6-4-3-5-15(16)19)17-21-22-18(23(17)2)25-11-13-7-9-14(20)10-8-13/h3-10,12H,11H2,1-2H3. The predicted molar refractivity (Wildman–Crippen MR) is 97.5 cm³/mol. The maximum Gasteiger partial charge on any atom is 0.191 e. The molecule has 25 heavy (non-hydrogen) atoms. The molecule has 3 rings (SSSR count). The number of hydrogen-bond acceptors (Lipinski definition) is 4. The highest BCUT2D eigenvalue weighted by molar-refractivity contribution is 7.98. The van der Waals surface area contributed by atoms with Gasteiger partial charge >= 0.3 is 0 Å². The summed E-state index contributed by atoms with van der Waals surface area (Å²) in [5, 5.41) is 9.78. The number of aromatic nitrogens is 3. The van der Waals surface area contributed by atoms with Gasteiger partial charge in [0, 0.05) is 12.8 Å². The van der Waals surface area contributed by atoms with Crippen molar-refractivity contribution in [3.05, 3.63) is 70.8 Å². The van der Waals surface area contributed by atoms with Gasteiger partial charge in [-0.05, 0) is 36.8 Å². The Bertz CT molecular complexity index is 854. The normalized spacial score (nSPS) is 12.2. The van der Waals surface area contributed by atoms with Crippen molar-refractivity contribution in [1.82, 2.24) is 14.8 Å². The molecular weight excluding hydrogens is 361 g/mol. The first-order chi connectivity index (χ1) is 12.0. The van der Waals surface area contributed by atoms with Gasteiger partial charge in [0.05, 0.1) is 5.02 Å². The summed E-state index contributed by atoms with van der Waals surface area (Å²) >= 11 is 7.67. The van der Waals surface area contributed by atoms with Crippen LogP contribution < -0.4 is 4.74 Å². The molecule has 1 heterocycles. The topological polar surface area (TPSA) is 39.9 Å². The van der Waals surface area contributed by atoms with E-state index < -0.39 is 0 Å². The number of nitrogens with zero attached hydrogens (tertiary/aromatic N) is 3. The zero-order chi connectivity index (χ0) is 17.8. The second-order valence-electron chi connectivity index (χ2n) is 5.51. The molecule has 0 fully saturated rings. The van der Waals surface area contributed by atoms with Crippen molar-refractivity contribution >= 4 is 23.4 Å². The van der Waals surface area contributed by atoms with E-state index in [0.29, 0.717) is 22.3 Å². The van der Waals surface area contributed by atoms with E-state index in [2.05, 4.69) is 10.2 Å². The number of halogens is 2. The summed E-state index contributed by atoms with van der Waals surface area (Å²) in [6, 6.07) is 13.8. The van der Waals surface area contributed by atoms with Crippen LogP contribution in [0.3, 0.4) is 0 Å². The van der Waals surface area contributed by atoms with Crippen LogP contribution in [0.4, 0.5) is 4.39 Å². The molecule has 0 saturated heterocycles. The summed E-state index contributed by atoms with van der Waals surface area (Å²) in [7, 11) is 1.90. The molecule has 0 bridgehead atoms. The molecule has 0 aliphatic rings. The largest absolute Gasteiger partial charge is 0.481 e. The van der Waals surface area contributed by atoms with Crippen LogP contribution >= 0.6 is 23.4 Å². The van der Waals surface area contributed by atoms with E-state index in [1.807, 2.05) is 36.7 Å². The van der Waals surface area contributed by atoms with E-state index in [-0.39, 0.29) is 11.9 Å². The minimum absolute atomic E-state index is 0.236. The Kier molecular flexibility index (Phi) is 5.60. The lowest BCUT2D eigenvalue weighted by molar-refractivity contribution is 0.211. The molecular formula is C18H17ClFN3OS. The van der Waals surface area contributed by atoms with Gasteiger partial charge in [0.25, 0.3) is 0 Å². The Balaban J connectivity index is 1.67. The molecule has 130 valence electrons. The first-order valence-electron chi connectivity index (χ1n) is 7.72. The van der Waals surface area contributed by atoms with E-state index in [0.717, 1.165) is 10.7 Å². The number of ether oxygens (including phenoxy) is 1. The molecule has 4 nitrogen and oxygen atoms in total. The molecule has 0 spiro atoms. The number of benzene rings is 2. The quantitative estimate of drug-likeness (QED) is 0.564. The molecule has 0 amide bonds. The summed E-state index contributed by atoms with van der Waals surface area (Å²) in [5.41, 5.74) is 1.02. The summed E-state index contributed by atoms with van der Waals surface area (Å²) in [6.07, 6.45) is -0.294. The minimum atomic E-state index is -0.294.